The number of ether oxygens (including phenoxy) is 1. The van der Waals surface area contributed by atoms with E-state index in [9.17, 15) is 9.59 Å². The van der Waals surface area contributed by atoms with Crippen LogP contribution < -0.4 is 15.5 Å². The second-order valence-corrected chi connectivity index (χ2v) is 7.46. The number of hydrogen-bond acceptors (Lipinski definition) is 4. The van der Waals surface area contributed by atoms with E-state index in [1.165, 1.54) is 18.3 Å². The molecule has 1 unspecified atom stereocenters. The van der Waals surface area contributed by atoms with Gasteiger partial charge in [-0.25, -0.2) is 5.43 Å². The zero-order chi connectivity index (χ0) is 22.1. The summed E-state index contributed by atoms with van der Waals surface area (Å²) in [5.74, 6) is 1.92. The Morgan fingerprint density at radius 3 is 2.50 bits per heavy atom. The lowest BCUT2D eigenvalue weighted by Crippen LogP contribution is -2.48. The summed E-state index contributed by atoms with van der Waals surface area (Å²) in [4.78, 5) is 25.0. The van der Waals surface area contributed by atoms with Gasteiger partial charge < -0.3 is 10.1 Å². The highest BCUT2D eigenvalue weighted by Gasteiger charge is 2.25. The minimum Gasteiger partial charge on any atom is -0.481 e. The number of benzene rings is 2. The summed E-state index contributed by atoms with van der Waals surface area (Å²) < 4.78 is 5.29. The molecule has 0 saturated heterocycles. The molecule has 2 aromatic carbocycles. The number of carbonyl (C=O) groups is 2. The van der Waals surface area contributed by atoms with Crippen LogP contribution >= 0.6 is 23.2 Å². The molecular formula is C22H21Cl2N3O3. The number of nitrogens with one attached hydrogen (secondary N) is 2. The molecule has 0 fully saturated rings. The van der Waals surface area contributed by atoms with E-state index >= 15 is 0 Å². The number of amides is 2. The van der Waals surface area contributed by atoms with Crippen molar-refractivity contribution in [3.05, 3.63) is 63.6 Å². The number of halogens is 2. The van der Waals surface area contributed by atoms with E-state index < -0.39 is 17.9 Å². The van der Waals surface area contributed by atoms with Crippen molar-refractivity contribution < 1.29 is 14.3 Å². The fourth-order valence-electron chi connectivity index (χ4n) is 2.44. The monoisotopic (exact) mass is 445 g/mol. The van der Waals surface area contributed by atoms with Crippen LogP contribution in [-0.2, 0) is 4.79 Å². The number of nitrogens with zero attached hydrogens (tertiary/aromatic N) is 1. The molecule has 0 heterocycles. The van der Waals surface area contributed by atoms with Crippen LogP contribution in [-0.4, -0.2) is 30.7 Å². The lowest BCUT2D eigenvalue weighted by Gasteiger charge is -2.20. The van der Waals surface area contributed by atoms with Crippen molar-refractivity contribution in [3.8, 4) is 18.1 Å². The number of carbonyl (C=O) groups excluding carboxylic acids is 2. The van der Waals surface area contributed by atoms with E-state index in [1.54, 1.807) is 30.3 Å². The summed E-state index contributed by atoms with van der Waals surface area (Å²) in [6.07, 6.45) is 6.63. The Morgan fingerprint density at radius 2 is 1.90 bits per heavy atom. The van der Waals surface area contributed by atoms with Gasteiger partial charge in [0.1, 0.15) is 18.4 Å². The third kappa shape index (κ3) is 6.80. The van der Waals surface area contributed by atoms with E-state index in [2.05, 4.69) is 21.8 Å². The highest BCUT2D eigenvalue weighted by atomic mass is 35.5. The lowest BCUT2D eigenvalue weighted by atomic mass is 10.0. The normalized spacial score (nSPS) is 11.7. The Balaban J connectivity index is 1.99. The molecule has 6 nitrogen and oxygen atoms in total. The maximum atomic E-state index is 12.5. The molecule has 0 saturated carbocycles. The SMILES string of the molecule is C#CCOc1ccc(/C=N/NC(=O)C(NC(=O)c2ccc(Cl)cc2Cl)C(C)C)cc1. The summed E-state index contributed by atoms with van der Waals surface area (Å²) >= 11 is 11.9. The van der Waals surface area contributed by atoms with Crippen LogP contribution in [0, 0.1) is 18.3 Å². The van der Waals surface area contributed by atoms with Crippen molar-refractivity contribution in [3.63, 3.8) is 0 Å². The minimum absolute atomic E-state index is 0.178. The summed E-state index contributed by atoms with van der Waals surface area (Å²) in [7, 11) is 0. The molecule has 2 aromatic rings. The first-order valence-electron chi connectivity index (χ1n) is 9.07. The fraction of sp³-hybridized carbons (Fsp3) is 0.227. The highest BCUT2D eigenvalue weighted by molar-refractivity contribution is 6.36. The molecule has 156 valence electrons. The van der Waals surface area contributed by atoms with Crippen molar-refractivity contribution in [1.82, 2.24) is 10.7 Å². The van der Waals surface area contributed by atoms with Gasteiger partial charge in [0, 0.05) is 5.02 Å². The maximum absolute atomic E-state index is 12.5. The average molecular weight is 446 g/mol. The fourth-order valence-corrected chi connectivity index (χ4v) is 2.94. The van der Waals surface area contributed by atoms with Gasteiger partial charge in [0.25, 0.3) is 11.8 Å². The van der Waals surface area contributed by atoms with Gasteiger partial charge in [-0.3, -0.25) is 9.59 Å². The number of hydrazone groups is 1. The second-order valence-electron chi connectivity index (χ2n) is 6.62. The minimum atomic E-state index is -0.805. The summed E-state index contributed by atoms with van der Waals surface area (Å²) in [5, 5.41) is 7.26. The molecule has 8 heteroatoms. The van der Waals surface area contributed by atoms with Crippen molar-refractivity contribution in [2.45, 2.75) is 19.9 Å². The van der Waals surface area contributed by atoms with Crippen LogP contribution in [0.5, 0.6) is 5.75 Å². The van der Waals surface area contributed by atoms with Gasteiger partial charge in [-0.05, 0) is 53.9 Å². The topological polar surface area (TPSA) is 79.8 Å². The molecule has 2 amide bonds. The van der Waals surface area contributed by atoms with E-state index in [4.69, 9.17) is 34.4 Å². The van der Waals surface area contributed by atoms with Gasteiger partial charge in [-0.1, -0.05) is 43.0 Å². The first-order valence-corrected chi connectivity index (χ1v) is 9.82. The van der Waals surface area contributed by atoms with E-state index in [0.717, 1.165) is 5.56 Å². The molecule has 0 aromatic heterocycles. The molecule has 2 rings (SSSR count). The Kier molecular flexibility index (Phi) is 8.72. The van der Waals surface area contributed by atoms with Gasteiger partial charge in [0.2, 0.25) is 0 Å². The van der Waals surface area contributed by atoms with Crippen molar-refractivity contribution in [1.29, 1.82) is 0 Å². The molecule has 30 heavy (non-hydrogen) atoms. The standard InChI is InChI=1S/C22H21Cl2N3O3/c1-4-11-30-17-8-5-15(6-9-17)13-25-27-22(29)20(14(2)3)26-21(28)18-10-7-16(23)12-19(18)24/h1,5-10,12-14,20H,11H2,2-3H3,(H,26,28)(H,27,29)/b25-13+. The Hall–Kier alpha value is -3.01. The molecule has 0 radical (unpaired) electrons. The molecule has 0 spiro atoms. The van der Waals surface area contributed by atoms with Gasteiger partial charge in [-0.15, -0.1) is 6.42 Å². The van der Waals surface area contributed by atoms with Crippen LogP contribution in [0.4, 0.5) is 0 Å². The number of terminal acetylenes is 1. The average Bonchev–Trinajstić information content (AvgIpc) is 2.70. The van der Waals surface area contributed by atoms with Crippen LogP contribution in [0.2, 0.25) is 10.0 Å². The molecular weight excluding hydrogens is 425 g/mol. The largest absolute Gasteiger partial charge is 0.481 e. The van der Waals surface area contributed by atoms with Crippen molar-refractivity contribution >= 4 is 41.2 Å². The van der Waals surface area contributed by atoms with Gasteiger partial charge in [-0.2, -0.15) is 5.10 Å². The molecule has 0 aliphatic rings. The Labute approximate surface area is 185 Å². The summed E-state index contributed by atoms with van der Waals surface area (Å²) in [6.45, 7) is 3.81. The smallest absolute Gasteiger partial charge is 0.262 e. The van der Waals surface area contributed by atoms with Gasteiger partial charge >= 0.3 is 0 Å². The third-order valence-electron chi connectivity index (χ3n) is 4.00. The van der Waals surface area contributed by atoms with Crippen molar-refractivity contribution in [2.24, 2.45) is 11.0 Å². The summed E-state index contributed by atoms with van der Waals surface area (Å²) in [5.41, 5.74) is 3.43. The number of rotatable bonds is 8. The quantitative estimate of drug-likeness (QED) is 0.367. The van der Waals surface area contributed by atoms with Crippen LogP contribution in [0.25, 0.3) is 0 Å². The molecule has 2 N–H and O–H groups in total. The molecule has 0 bridgehead atoms. The van der Waals surface area contributed by atoms with Crippen molar-refractivity contribution in [2.75, 3.05) is 6.61 Å². The Bertz CT molecular complexity index is 967. The van der Waals surface area contributed by atoms with Crippen LogP contribution in [0.3, 0.4) is 0 Å². The van der Waals surface area contributed by atoms with Gasteiger partial charge in [0.15, 0.2) is 0 Å². The molecule has 1 atom stereocenters. The zero-order valence-corrected chi connectivity index (χ0v) is 18.0. The third-order valence-corrected chi connectivity index (χ3v) is 4.55. The predicted molar refractivity (Wildman–Crippen MR) is 119 cm³/mol. The number of hydrogen-bond donors (Lipinski definition) is 2. The van der Waals surface area contributed by atoms with Crippen LogP contribution in [0.1, 0.15) is 29.8 Å². The predicted octanol–water partition coefficient (Wildman–Crippen LogP) is 3.91. The first kappa shape index (κ1) is 23.3. The molecule has 0 aliphatic carbocycles. The van der Waals surface area contributed by atoms with E-state index in [-0.39, 0.29) is 23.1 Å². The lowest BCUT2D eigenvalue weighted by molar-refractivity contribution is -0.123. The molecule has 0 aliphatic heterocycles. The van der Waals surface area contributed by atoms with Gasteiger partial charge in [0.05, 0.1) is 16.8 Å². The zero-order valence-electron chi connectivity index (χ0n) is 16.5. The second kappa shape index (κ2) is 11.2. The van der Waals surface area contributed by atoms with E-state index in [0.29, 0.717) is 10.8 Å². The maximum Gasteiger partial charge on any atom is 0.262 e. The summed E-state index contributed by atoms with van der Waals surface area (Å²) in [6, 6.07) is 10.7. The highest BCUT2D eigenvalue weighted by Crippen LogP contribution is 2.21. The first-order chi connectivity index (χ1) is 14.3. The van der Waals surface area contributed by atoms with Crippen LogP contribution in [0.15, 0.2) is 47.6 Å². The Morgan fingerprint density at radius 1 is 1.20 bits per heavy atom. The van der Waals surface area contributed by atoms with E-state index in [1.807, 2.05) is 13.8 Å².